The van der Waals surface area contributed by atoms with Crippen LogP contribution in [0.25, 0.3) is 11.1 Å². The van der Waals surface area contributed by atoms with E-state index in [-0.39, 0.29) is 0 Å². The monoisotopic (exact) mass is 200 g/mol. The molecule has 3 heteroatoms. The van der Waals surface area contributed by atoms with E-state index in [4.69, 9.17) is 9.68 Å². The molecule has 1 heterocycles. The second-order valence-corrected chi connectivity index (χ2v) is 3.78. The third-order valence-corrected chi connectivity index (χ3v) is 2.72. The summed E-state index contributed by atoms with van der Waals surface area (Å²) in [5.41, 5.74) is 0.920. The first kappa shape index (κ1) is 9.72. The quantitative estimate of drug-likeness (QED) is 0.748. The van der Waals surface area contributed by atoms with Crippen molar-refractivity contribution >= 4 is 11.1 Å². The van der Waals surface area contributed by atoms with E-state index in [0.29, 0.717) is 12.3 Å². The third kappa shape index (κ3) is 1.48. The number of hydrogen-bond acceptors (Lipinski definition) is 3. The first-order chi connectivity index (χ1) is 7.19. The van der Waals surface area contributed by atoms with Gasteiger partial charge in [-0.1, -0.05) is 19.1 Å². The Bertz CT molecular complexity index is 491. The molecule has 0 saturated heterocycles. The van der Waals surface area contributed by atoms with Crippen LogP contribution in [0.1, 0.15) is 26.2 Å². The molecule has 0 aliphatic carbocycles. The number of benzene rings is 1. The summed E-state index contributed by atoms with van der Waals surface area (Å²) in [5.74, 6) is 0.508. The van der Waals surface area contributed by atoms with Crippen molar-refractivity contribution in [3.63, 3.8) is 0 Å². The van der Waals surface area contributed by atoms with E-state index in [1.165, 1.54) is 0 Å². The van der Waals surface area contributed by atoms with Crippen molar-refractivity contribution in [2.24, 2.45) is 0 Å². The number of aromatic nitrogens is 1. The highest BCUT2D eigenvalue weighted by Gasteiger charge is 2.30. The lowest BCUT2D eigenvalue weighted by Gasteiger charge is -2.13. The van der Waals surface area contributed by atoms with Crippen LogP contribution >= 0.6 is 0 Å². The minimum absolute atomic E-state index is 0.508. The van der Waals surface area contributed by atoms with E-state index in [9.17, 15) is 0 Å². The van der Waals surface area contributed by atoms with Crippen molar-refractivity contribution in [3.05, 3.63) is 30.2 Å². The van der Waals surface area contributed by atoms with Crippen molar-refractivity contribution in [3.8, 4) is 6.07 Å². The second kappa shape index (κ2) is 3.39. The summed E-state index contributed by atoms with van der Waals surface area (Å²) in [7, 11) is 0. The lowest BCUT2D eigenvalue weighted by atomic mass is 9.89. The zero-order chi connectivity index (χ0) is 10.9. The lowest BCUT2D eigenvalue weighted by molar-refractivity contribution is 0.417. The van der Waals surface area contributed by atoms with E-state index < -0.39 is 5.41 Å². The molecule has 0 fully saturated rings. The minimum atomic E-state index is -0.626. The average molecular weight is 200 g/mol. The predicted octanol–water partition coefficient (Wildman–Crippen LogP) is 3.02. The zero-order valence-electron chi connectivity index (χ0n) is 8.82. The van der Waals surface area contributed by atoms with Crippen molar-refractivity contribution in [1.82, 2.24) is 4.98 Å². The molecule has 15 heavy (non-hydrogen) atoms. The highest BCUT2D eigenvalue weighted by molar-refractivity contribution is 5.72. The summed E-state index contributed by atoms with van der Waals surface area (Å²) < 4.78 is 5.58. The van der Waals surface area contributed by atoms with Crippen molar-refractivity contribution in [2.45, 2.75) is 25.7 Å². The summed E-state index contributed by atoms with van der Waals surface area (Å²) in [4.78, 5) is 4.34. The highest BCUT2D eigenvalue weighted by atomic mass is 16.3. The van der Waals surface area contributed by atoms with Crippen LogP contribution in [0.2, 0.25) is 0 Å². The van der Waals surface area contributed by atoms with Crippen LogP contribution in [-0.4, -0.2) is 4.98 Å². The molecule has 0 amide bonds. The van der Waals surface area contributed by atoms with Gasteiger partial charge in [0, 0.05) is 0 Å². The van der Waals surface area contributed by atoms with Gasteiger partial charge in [-0.15, -0.1) is 0 Å². The van der Waals surface area contributed by atoms with Gasteiger partial charge >= 0.3 is 0 Å². The largest absolute Gasteiger partial charge is 0.439 e. The Morgan fingerprint density at radius 3 is 2.80 bits per heavy atom. The van der Waals surface area contributed by atoms with Crippen molar-refractivity contribution in [2.75, 3.05) is 0 Å². The van der Waals surface area contributed by atoms with Gasteiger partial charge in [0.05, 0.1) is 6.07 Å². The molecule has 2 rings (SSSR count). The van der Waals surface area contributed by atoms with Crippen LogP contribution in [0.4, 0.5) is 0 Å². The molecule has 1 aromatic carbocycles. The van der Waals surface area contributed by atoms with E-state index in [1.54, 1.807) is 0 Å². The molecule has 0 bridgehead atoms. The molecular formula is C12H12N2O. The minimum Gasteiger partial charge on any atom is -0.439 e. The Morgan fingerprint density at radius 1 is 1.47 bits per heavy atom. The SMILES string of the molecule is CCC(C)(C#N)c1nc2ccccc2o1. The Kier molecular flexibility index (Phi) is 2.20. The maximum atomic E-state index is 9.11. The van der Waals surface area contributed by atoms with Gasteiger partial charge in [0.1, 0.15) is 10.9 Å². The smallest absolute Gasteiger partial charge is 0.215 e. The topological polar surface area (TPSA) is 49.8 Å². The number of nitrogens with zero attached hydrogens (tertiary/aromatic N) is 2. The fourth-order valence-electron chi connectivity index (χ4n) is 1.39. The zero-order valence-corrected chi connectivity index (χ0v) is 8.82. The number of fused-ring (bicyclic) bond motifs is 1. The van der Waals surface area contributed by atoms with Gasteiger partial charge in [-0.05, 0) is 25.5 Å². The van der Waals surface area contributed by atoms with Crippen LogP contribution in [0.15, 0.2) is 28.7 Å². The molecule has 0 spiro atoms. The number of rotatable bonds is 2. The molecule has 2 aromatic rings. The standard InChI is InChI=1S/C12H12N2O/c1-3-12(2,8-13)11-14-9-6-4-5-7-10(9)15-11/h4-7H,3H2,1-2H3. The lowest BCUT2D eigenvalue weighted by Crippen LogP contribution is -2.18. The Morgan fingerprint density at radius 2 is 2.20 bits per heavy atom. The van der Waals surface area contributed by atoms with Gasteiger partial charge in [-0.2, -0.15) is 5.26 Å². The van der Waals surface area contributed by atoms with Gasteiger partial charge in [-0.25, -0.2) is 4.98 Å². The molecule has 0 saturated carbocycles. The Labute approximate surface area is 88.3 Å². The van der Waals surface area contributed by atoms with E-state index >= 15 is 0 Å². The Balaban J connectivity index is 2.59. The molecule has 1 atom stereocenters. The average Bonchev–Trinajstić information content (AvgIpc) is 2.72. The maximum Gasteiger partial charge on any atom is 0.215 e. The predicted molar refractivity (Wildman–Crippen MR) is 57.3 cm³/mol. The van der Waals surface area contributed by atoms with E-state index in [0.717, 1.165) is 11.1 Å². The highest BCUT2D eigenvalue weighted by Crippen LogP contribution is 2.28. The first-order valence-corrected chi connectivity index (χ1v) is 4.97. The normalized spacial score (nSPS) is 14.7. The molecule has 1 unspecified atom stereocenters. The van der Waals surface area contributed by atoms with Gasteiger partial charge in [-0.3, -0.25) is 0 Å². The van der Waals surface area contributed by atoms with Gasteiger partial charge < -0.3 is 4.42 Å². The maximum absolute atomic E-state index is 9.11. The van der Waals surface area contributed by atoms with Crippen LogP contribution in [0.5, 0.6) is 0 Å². The number of oxazole rings is 1. The summed E-state index contributed by atoms with van der Waals surface area (Å²) >= 11 is 0. The van der Waals surface area contributed by atoms with Crippen LogP contribution in [-0.2, 0) is 5.41 Å². The number of para-hydroxylation sites is 2. The molecule has 0 N–H and O–H groups in total. The third-order valence-electron chi connectivity index (χ3n) is 2.72. The molecule has 0 radical (unpaired) electrons. The van der Waals surface area contributed by atoms with Crippen LogP contribution in [0.3, 0.4) is 0 Å². The van der Waals surface area contributed by atoms with Crippen molar-refractivity contribution < 1.29 is 4.42 Å². The van der Waals surface area contributed by atoms with Crippen LogP contribution in [0, 0.1) is 11.3 Å². The summed E-state index contributed by atoms with van der Waals surface area (Å²) in [6.45, 7) is 3.80. The molecule has 1 aromatic heterocycles. The summed E-state index contributed by atoms with van der Waals surface area (Å²) in [6, 6.07) is 9.80. The second-order valence-electron chi connectivity index (χ2n) is 3.78. The fourth-order valence-corrected chi connectivity index (χ4v) is 1.39. The Hall–Kier alpha value is -1.82. The molecule has 3 nitrogen and oxygen atoms in total. The molecule has 0 aliphatic rings. The van der Waals surface area contributed by atoms with Gasteiger partial charge in [0.2, 0.25) is 5.89 Å². The summed E-state index contributed by atoms with van der Waals surface area (Å²) in [6.07, 6.45) is 0.691. The van der Waals surface area contributed by atoms with Crippen molar-refractivity contribution in [1.29, 1.82) is 5.26 Å². The number of nitriles is 1. The van der Waals surface area contributed by atoms with E-state index in [1.807, 2.05) is 38.1 Å². The number of hydrogen-bond donors (Lipinski definition) is 0. The van der Waals surface area contributed by atoms with Gasteiger partial charge in [0.25, 0.3) is 0 Å². The molecule has 0 aliphatic heterocycles. The van der Waals surface area contributed by atoms with E-state index in [2.05, 4.69) is 11.1 Å². The fraction of sp³-hybridized carbons (Fsp3) is 0.333. The van der Waals surface area contributed by atoms with Crippen LogP contribution < -0.4 is 0 Å². The summed E-state index contributed by atoms with van der Waals surface area (Å²) in [5, 5.41) is 9.11. The first-order valence-electron chi connectivity index (χ1n) is 4.97. The molecule has 76 valence electrons. The van der Waals surface area contributed by atoms with Gasteiger partial charge in [0.15, 0.2) is 5.58 Å². The molecular weight excluding hydrogens is 188 g/mol.